The SMILES string of the molecule is Cc1ccc(-c2ccccc2C2CCC2)c(N)c1. The van der Waals surface area contributed by atoms with Crippen molar-refractivity contribution in [3.63, 3.8) is 0 Å². The van der Waals surface area contributed by atoms with E-state index in [9.17, 15) is 0 Å². The minimum absolute atomic E-state index is 0.738. The van der Waals surface area contributed by atoms with Crippen molar-refractivity contribution in [3.05, 3.63) is 53.6 Å². The van der Waals surface area contributed by atoms with Crippen LogP contribution in [0.3, 0.4) is 0 Å². The van der Waals surface area contributed by atoms with Crippen molar-refractivity contribution in [2.75, 3.05) is 5.73 Å². The van der Waals surface area contributed by atoms with Crippen LogP contribution in [0, 0.1) is 6.92 Å². The predicted molar refractivity (Wildman–Crippen MR) is 77.6 cm³/mol. The third kappa shape index (κ3) is 1.90. The lowest BCUT2D eigenvalue weighted by Crippen LogP contribution is -2.10. The zero-order chi connectivity index (χ0) is 12.5. The summed E-state index contributed by atoms with van der Waals surface area (Å²) in [6.45, 7) is 2.08. The number of nitrogen functional groups attached to an aromatic ring is 1. The smallest absolute Gasteiger partial charge is 0.0396 e. The van der Waals surface area contributed by atoms with E-state index in [0.717, 1.165) is 11.6 Å². The van der Waals surface area contributed by atoms with Crippen LogP contribution in [0.25, 0.3) is 11.1 Å². The van der Waals surface area contributed by atoms with Crippen molar-refractivity contribution in [1.82, 2.24) is 0 Å². The predicted octanol–water partition coefficient (Wildman–Crippen LogP) is 4.51. The van der Waals surface area contributed by atoms with Gasteiger partial charge in [0.15, 0.2) is 0 Å². The molecule has 0 aromatic heterocycles. The van der Waals surface area contributed by atoms with E-state index in [-0.39, 0.29) is 0 Å². The summed E-state index contributed by atoms with van der Waals surface area (Å²) in [6.07, 6.45) is 4.01. The van der Waals surface area contributed by atoms with Crippen LogP contribution in [0.2, 0.25) is 0 Å². The molecule has 2 aromatic rings. The number of nitrogens with two attached hydrogens (primary N) is 1. The topological polar surface area (TPSA) is 26.0 Å². The molecule has 0 spiro atoms. The van der Waals surface area contributed by atoms with Gasteiger partial charge in [-0.2, -0.15) is 0 Å². The van der Waals surface area contributed by atoms with Crippen LogP contribution >= 0.6 is 0 Å². The number of aryl methyl sites for hydroxylation is 1. The van der Waals surface area contributed by atoms with Gasteiger partial charge in [-0.3, -0.25) is 0 Å². The third-order valence-corrected chi connectivity index (χ3v) is 4.00. The highest BCUT2D eigenvalue weighted by Gasteiger charge is 2.22. The number of benzene rings is 2. The van der Waals surface area contributed by atoms with Gasteiger partial charge in [-0.15, -0.1) is 0 Å². The van der Waals surface area contributed by atoms with Gasteiger partial charge in [0, 0.05) is 11.3 Å². The van der Waals surface area contributed by atoms with Crippen LogP contribution in [-0.2, 0) is 0 Å². The first-order chi connectivity index (χ1) is 8.75. The molecule has 92 valence electrons. The standard InChI is InChI=1S/C17H19N/c1-12-9-10-16(17(18)11-12)15-8-3-2-7-14(15)13-5-4-6-13/h2-3,7-11,13H,4-6,18H2,1H3. The lowest BCUT2D eigenvalue weighted by atomic mass is 9.77. The van der Waals surface area contributed by atoms with Gasteiger partial charge >= 0.3 is 0 Å². The van der Waals surface area contributed by atoms with Crippen LogP contribution in [0.4, 0.5) is 5.69 Å². The molecule has 1 nitrogen and oxygen atoms in total. The van der Waals surface area contributed by atoms with Crippen LogP contribution in [-0.4, -0.2) is 0 Å². The van der Waals surface area contributed by atoms with E-state index in [1.165, 1.54) is 41.5 Å². The van der Waals surface area contributed by atoms with Crippen molar-refractivity contribution in [2.24, 2.45) is 0 Å². The molecule has 2 aromatic carbocycles. The molecule has 1 heteroatoms. The van der Waals surface area contributed by atoms with E-state index in [4.69, 9.17) is 5.73 Å². The second kappa shape index (κ2) is 4.49. The van der Waals surface area contributed by atoms with Crippen LogP contribution in [0.15, 0.2) is 42.5 Å². The number of anilines is 1. The van der Waals surface area contributed by atoms with Gasteiger partial charge in [0.25, 0.3) is 0 Å². The Bertz CT molecular complexity index is 568. The normalized spacial score (nSPS) is 15.4. The monoisotopic (exact) mass is 237 g/mol. The average Bonchev–Trinajstić information content (AvgIpc) is 2.28. The van der Waals surface area contributed by atoms with Crippen molar-refractivity contribution >= 4 is 5.69 Å². The largest absolute Gasteiger partial charge is 0.398 e. The quantitative estimate of drug-likeness (QED) is 0.764. The van der Waals surface area contributed by atoms with Gasteiger partial charge < -0.3 is 5.73 Å². The zero-order valence-electron chi connectivity index (χ0n) is 10.8. The average molecular weight is 237 g/mol. The van der Waals surface area contributed by atoms with Crippen LogP contribution in [0.5, 0.6) is 0 Å². The fraction of sp³-hybridized carbons (Fsp3) is 0.294. The molecule has 2 N–H and O–H groups in total. The lowest BCUT2D eigenvalue weighted by molar-refractivity contribution is 0.420. The van der Waals surface area contributed by atoms with E-state index in [0.29, 0.717) is 0 Å². The molecule has 0 saturated heterocycles. The van der Waals surface area contributed by atoms with E-state index >= 15 is 0 Å². The maximum Gasteiger partial charge on any atom is 0.0396 e. The van der Waals surface area contributed by atoms with Gasteiger partial charge in [-0.05, 0) is 48.4 Å². The highest BCUT2D eigenvalue weighted by Crippen LogP contribution is 2.42. The summed E-state index contributed by atoms with van der Waals surface area (Å²) >= 11 is 0. The Morgan fingerprint density at radius 3 is 2.44 bits per heavy atom. The van der Waals surface area contributed by atoms with Crippen molar-refractivity contribution in [2.45, 2.75) is 32.1 Å². The molecule has 0 aliphatic heterocycles. The molecule has 0 unspecified atom stereocenters. The van der Waals surface area contributed by atoms with E-state index < -0.39 is 0 Å². The highest BCUT2D eigenvalue weighted by atomic mass is 14.6. The lowest BCUT2D eigenvalue weighted by Gasteiger charge is -2.28. The van der Waals surface area contributed by atoms with Gasteiger partial charge in [0.05, 0.1) is 0 Å². The van der Waals surface area contributed by atoms with Crippen molar-refractivity contribution in [1.29, 1.82) is 0 Å². The third-order valence-electron chi connectivity index (χ3n) is 4.00. The maximum atomic E-state index is 6.18. The van der Waals surface area contributed by atoms with Gasteiger partial charge in [-0.25, -0.2) is 0 Å². The molecular weight excluding hydrogens is 218 g/mol. The summed E-state index contributed by atoms with van der Waals surface area (Å²) in [5.41, 5.74) is 12.3. The van der Waals surface area contributed by atoms with Crippen LogP contribution < -0.4 is 5.73 Å². The Kier molecular flexibility index (Phi) is 2.83. The Labute approximate surface area is 109 Å². The first kappa shape index (κ1) is 11.3. The first-order valence-electron chi connectivity index (χ1n) is 6.71. The summed E-state index contributed by atoms with van der Waals surface area (Å²) < 4.78 is 0. The molecule has 0 bridgehead atoms. The zero-order valence-corrected chi connectivity index (χ0v) is 10.8. The van der Waals surface area contributed by atoms with Gasteiger partial charge in [0.1, 0.15) is 0 Å². The second-order valence-corrected chi connectivity index (χ2v) is 5.31. The van der Waals surface area contributed by atoms with Gasteiger partial charge in [-0.1, -0.05) is 42.8 Å². The summed E-state index contributed by atoms with van der Waals surface area (Å²) in [5, 5.41) is 0. The maximum absolute atomic E-state index is 6.18. The molecule has 0 heterocycles. The van der Waals surface area contributed by atoms with E-state index in [1.54, 1.807) is 0 Å². The number of hydrogen-bond donors (Lipinski definition) is 1. The highest BCUT2D eigenvalue weighted by molar-refractivity contribution is 5.79. The minimum Gasteiger partial charge on any atom is -0.398 e. The number of hydrogen-bond acceptors (Lipinski definition) is 1. The molecule has 1 aliphatic carbocycles. The first-order valence-corrected chi connectivity index (χ1v) is 6.71. The summed E-state index contributed by atoms with van der Waals surface area (Å²) in [7, 11) is 0. The Morgan fingerprint density at radius 1 is 1.00 bits per heavy atom. The molecule has 1 aliphatic rings. The molecule has 1 saturated carbocycles. The molecular formula is C17H19N. The van der Waals surface area contributed by atoms with Crippen LogP contribution in [0.1, 0.15) is 36.3 Å². The summed E-state index contributed by atoms with van der Waals surface area (Å²) in [6, 6.07) is 15.1. The second-order valence-electron chi connectivity index (χ2n) is 5.31. The Morgan fingerprint density at radius 2 is 1.78 bits per heavy atom. The summed E-state index contributed by atoms with van der Waals surface area (Å²) in [4.78, 5) is 0. The Balaban J connectivity index is 2.10. The number of rotatable bonds is 2. The molecule has 1 fully saturated rings. The molecule has 0 radical (unpaired) electrons. The van der Waals surface area contributed by atoms with E-state index in [2.05, 4.69) is 49.4 Å². The molecule has 0 amide bonds. The molecule has 3 rings (SSSR count). The fourth-order valence-corrected chi connectivity index (χ4v) is 2.74. The summed E-state index contributed by atoms with van der Waals surface area (Å²) in [5.74, 6) is 0.738. The molecule has 18 heavy (non-hydrogen) atoms. The van der Waals surface area contributed by atoms with Crippen molar-refractivity contribution < 1.29 is 0 Å². The minimum atomic E-state index is 0.738. The Hall–Kier alpha value is -1.76. The van der Waals surface area contributed by atoms with Gasteiger partial charge in [0.2, 0.25) is 0 Å². The molecule has 0 atom stereocenters. The fourth-order valence-electron chi connectivity index (χ4n) is 2.74. The van der Waals surface area contributed by atoms with E-state index in [1.807, 2.05) is 0 Å². The van der Waals surface area contributed by atoms with Crippen molar-refractivity contribution in [3.8, 4) is 11.1 Å².